The van der Waals surface area contributed by atoms with E-state index < -0.39 is 0 Å². The van der Waals surface area contributed by atoms with Gasteiger partial charge in [-0.15, -0.1) is 0 Å². The number of nitrogens with two attached hydrogens (primary N) is 1. The molecule has 0 saturated carbocycles. The van der Waals surface area contributed by atoms with E-state index in [9.17, 15) is 0 Å². The van der Waals surface area contributed by atoms with Crippen LogP contribution < -0.4 is 16.0 Å². The number of hydrogen-bond donors (Lipinski definition) is 2. The van der Waals surface area contributed by atoms with Crippen molar-refractivity contribution in [2.75, 3.05) is 13.7 Å². The van der Waals surface area contributed by atoms with E-state index in [4.69, 9.17) is 10.6 Å². The highest BCUT2D eigenvalue weighted by Gasteiger charge is 2.04. The third kappa shape index (κ3) is 2.70. The highest BCUT2D eigenvalue weighted by atomic mass is 16.5. The Hall–Kier alpha value is -1.55. The minimum Gasteiger partial charge on any atom is -0.496 e. The van der Waals surface area contributed by atoms with Crippen LogP contribution in [0.2, 0.25) is 0 Å². The van der Waals surface area contributed by atoms with E-state index >= 15 is 0 Å². The van der Waals surface area contributed by atoms with Crippen molar-refractivity contribution >= 4 is 5.84 Å². The normalized spacial score (nSPS) is 11.3. The smallest absolute Gasteiger partial charge is 0.142 e. The molecule has 0 radical (unpaired) electrons. The van der Waals surface area contributed by atoms with Crippen molar-refractivity contribution in [2.45, 2.75) is 13.8 Å². The van der Waals surface area contributed by atoms with Crippen molar-refractivity contribution in [3.63, 3.8) is 0 Å². The summed E-state index contributed by atoms with van der Waals surface area (Å²) in [7, 11) is 1.65. The maximum atomic E-state index is 5.40. The molecule has 4 nitrogen and oxygen atoms in total. The Morgan fingerprint density at radius 3 is 2.80 bits per heavy atom. The zero-order valence-corrected chi connectivity index (χ0v) is 9.37. The van der Waals surface area contributed by atoms with Crippen LogP contribution in [-0.2, 0) is 0 Å². The third-order valence-electron chi connectivity index (χ3n) is 2.13. The number of methoxy groups -OCH3 is 1. The molecular weight excluding hydrogens is 190 g/mol. The standard InChI is InChI=1S/C11H17N3O/c1-4-13-11(14-12)9-6-5-8(2)10(7-9)15-3/h5-7H,4,12H2,1-3H3,(H,13,14). The highest BCUT2D eigenvalue weighted by molar-refractivity contribution is 5.98. The number of ether oxygens (including phenoxy) is 1. The lowest BCUT2D eigenvalue weighted by molar-refractivity contribution is 0.411. The Morgan fingerprint density at radius 2 is 2.27 bits per heavy atom. The van der Waals surface area contributed by atoms with E-state index in [0.29, 0.717) is 12.4 Å². The topological polar surface area (TPSA) is 59.6 Å². The first-order valence-electron chi connectivity index (χ1n) is 4.89. The SMILES string of the molecule is CCN=C(NN)c1ccc(C)c(OC)c1. The largest absolute Gasteiger partial charge is 0.496 e. The Balaban J connectivity index is 3.09. The maximum Gasteiger partial charge on any atom is 0.142 e. The molecule has 0 aromatic heterocycles. The van der Waals surface area contributed by atoms with E-state index in [0.717, 1.165) is 16.9 Å². The zero-order valence-electron chi connectivity index (χ0n) is 9.37. The Bertz CT molecular complexity index is 361. The predicted molar refractivity (Wildman–Crippen MR) is 62.1 cm³/mol. The van der Waals surface area contributed by atoms with Crippen LogP contribution in [0.4, 0.5) is 0 Å². The van der Waals surface area contributed by atoms with Gasteiger partial charge in [-0.2, -0.15) is 0 Å². The third-order valence-corrected chi connectivity index (χ3v) is 2.13. The van der Waals surface area contributed by atoms with Crippen molar-refractivity contribution < 1.29 is 4.74 Å². The summed E-state index contributed by atoms with van der Waals surface area (Å²) < 4.78 is 5.23. The molecule has 4 heteroatoms. The minimum absolute atomic E-state index is 0.677. The molecule has 0 unspecified atom stereocenters. The van der Waals surface area contributed by atoms with Gasteiger partial charge in [0.1, 0.15) is 11.6 Å². The Kier molecular flexibility index (Phi) is 4.12. The van der Waals surface area contributed by atoms with Crippen LogP contribution in [0.25, 0.3) is 0 Å². The van der Waals surface area contributed by atoms with E-state index in [1.807, 2.05) is 32.0 Å². The monoisotopic (exact) mass is 207 g/mol. The number of hydrogen-bond acceptors (Lipinski definition) is 3. The molecule has 3 N–H and O–H groups in total. The Morgan fingerprint density at radius 1 is 1.53 bits per heavy atom. The van der Waals surface area contributed by atoms with Crippen LogP contribution in [0, 0.1) is 6.92 Å². The highest BCUT2D eigenvalue weighted by Crippen LogP contribution is 2.18. The van der Waals surface area contributed by atoms with E-state index in [1.165, 1.54) is 0 Å². The fourth-order valence-corrected chi connectivity index (χ4v) is 1.35. The number of aliphatic imine (C=N–C) groups is 1. The maximum absolute atomic E-state index is 5.40. The molecule has 1 aromatic carbocycles. The quantitative estimate of drug-likeness (QED) is 0.339. The molecule has 82 valence electrons. The predicted octanol–water partition coefficient (Wildman–Crippen LogP) is 1.23. The molecule has 0 bridgehead atoms. The zero-order chi connectivity index (χ0) is 11.3. The second kappa shape index (κ2) is 5.36. The van der Waals surface area contributed by atoms with Crippen molar-refractivity contribution in [2.24, 2.45) is 10.8 Å². The molecule has 0 fully saturated rings. The second-order valence-corrected chi connectivity index (χ2v) is 3.15. The van der Waals surface area contributed by atoms with Gasteiger partial charge in [0, 0.05) is 12.1 Å². The number of benzene rings is 1. The van der Waals surface area contributed by atoms with Crippen LogP contribution in [0.15, 0.2) is 23.2 Å². The van der Waals surface area contributed by atoms with Gasteiger partial charge in [-0.1, -0.05) is 12.1 Å². The molecule has 1 rings (SSSR count). The lowest BCUT2D eigenvalue weighted by atomic mass is 10.1. The number of nitrogens with zero attached hydrogens (tertiary/aromatic N) is 1. The number of aryl methyl sites for hydroxylation is 1. The molecule has 0 aliphatic carbocycles. The van der Waals surface area contributed by atoms with Crippen molar-refractivity contribution in [3.8, 4) is 5.75 Å². The number of amidine groups is 1. The average Bonchev–Trinajstić information content (AvgIpc) is 2.27. The average molecular weight is 207 g/mol. The van der Waals surface area contributed by atoms with Crippen molar-refractivity contribution in [1.82, 2.24) is 5.43 Å². The van der Waals surface area contributed by atoms with Gasteiger partial charge in [0.2, 0.25) is 0 Å². The van der Waals surface area contributed by atoms with Gasteiger partial charge in [-0.05, 0) is 25.5 Å². The summed E-state index contributed by atoms with van der Waals surface area (Å²) in [5, 5.41) is 0. The Labute approximate surface area is 90.1 Å². The summed E-state index contributed by atoms with van der Waals surface area (Å²) in [5.74, 6) is 6.91. The van der Waals surface area contributed by atoms with Crippen LogP contribution >= 0.6 is 0 Å². The molecule has 0 amide bonds. The van der Waals surface area contributed by atoms with Gasteiger partial charge in [0.25, 0.3) is 0 Å². The van der Waals surface area contributed by atoms with Gasteiger partial charge < -0.3 is 10.2 Å². The van der Waals surface area contributed by atoms with Gasteiger partial charge >= 0.3 is 0 Å². The van der Waals surface area contributed by atoms with Gasteiger partial charge in [0.05, 0.1) is 7.11 Å². The fraction of sp³-hybridized carbons (Fsp3) is 0.364. The van der Waals surface area contributed by atoms with Crippen molar-refractivity contribution in [3.05, 3.63) is 29.3 Å². The number of nitrogens with one attached hydrogen (secondary N) is 1. The summed E-state index contributed by atoms with van der Waals surface area (Å²) in [6.07, 6.45) is 0. The van der Waals surface area contributed by atoms with Gasteiger partial charge in [-0.3, -0.25) is 4.99 Å². The van der Waals surface area contributed by atoms with E-state index in [-0.39, 0.29) is 0 Å². The minimum atomic E-state index is 0.677. The van der Waals surface area contributed by atoms with Crippen LogP contribution in [0.5, 0.6) is 5.75 Å². The molecular formula is C11H17N3O. The lowest BCUT2D eigenvalue weighted by Crippen LogP contribution is -2.31. The van der Waals surface area contributed by atoms with E-state index in [1.54, 1.807) is 7.11 Å². The summed E-state index contributed by atoms with van der Waals surface area (Å²) >= 11 is 0. The fourth-order valence-electron chi connectivity index (χ4n) is 1.35. The van der Waals surface area contributed by atoms with Crippen LogP contribution in [0.1, 0.15) is 18.1 Å². The van der Waals surface area contributed by atoms with Crippen LogP contribution in [0.3, 0.4) is 0 Å². The second-order valence-electron chi connectivity index (χ2n) is 3.15. The van der Waals surface area contributed by atoms with Crippen LogP contribution in [-0.4, -0.2) is 19.5 Å². The molecule has 15 heavy (non-hydrogen) atoms. The molecule has 0 heterocycles. The number of hydrazine groups is 1. The van der Waals surface area contributed by atoms with Gasteiger partial charge in [-0.25, -0.2) is 5.84 Å². The molecule has 0 aliphatic heterocycles. The summed E-state index contributed by atoms with van der Waals surface area (Å²) in [6.45, 7) is 4.65. The van der Waals surface area contributed by atoms with Gasteiger partial charge in [0.15, 0.2) is 0 Å². The summed E-state index contributed by atoms with van der Waals surface area (Å²) in [4.78, 5) is 4.24. The number of rotatable bonds is 3. The molecule has 0 aliphatic rings. The summed E-state index contributed by atoms with van der Waals surface area (Å²) in [6, 6.07) is 5.87. The molecule has 1 aromatic rings. The van der Waals surface area contributed by atoms with E-state index in [2.05, 4.69) is 10.4 Å². The molecule has 0 atom stereocenters. The first kappa shape index (κ1) is 11.5. The molecule has 0 saturated heterocycles. The van der Waals surface area contributed by atoms with Crippen molar-refractivity contribution in [1.29, 1.82) is 0 Å². The first-order chi connectivity index (χ1) is 7.22. The lowest BCUT2D eigenvalue weighted by Gasteiger charge is -2.09. The summed E-state index contributed by atoms with van der Waals surface area (Å²) in [5.41, 5.74) is 4.61. The first-order valence-corrected chi connectivity index (χ1v) is 4.89. The molecule has 0 spiro atoms.